The number of nitrogens with zero attached hydrogens (tertiary/aromatic N) is 2. The van der Waals surface area contributed by atoms with Crippen LogP contribution in [0, 0.1) is 0 Å². The molecule has 1 aromatic carbocycles. The molecule has 0 amide bonds. The van der Waals surface area contributed by atoms with Crippen LogP contribution in [0.25, 0.3) is 11.4 Å². The molecule has 84 valence electrons. The molecule has 1 atom stereocenters. The van der Waals surface area contributed by atoms with Gasteiger partial charge in [0.1, 0.15) is 6.04 Å². The molecule has 3 N–H and O–H groups in total. The van der Waals surface area contributed by atoms with E-state index in [4.69, 9.17) is 15.4 Å². The summed E-state index contributed by atoms with van der Waals surface area (Å²) in [6, 6.07) is 6.89. The van der Waals surface area contributed by atoms with Gasteiger partial charge in [-0.1, -0.05) is 33.2 Å². The van der Waals surface area contributed by atoms with Crippen molar-refractivity contribution in [3.8, 4) is 11.4 Å². The van der Waals surface area contributed by atoms with Crippen molar-refractivity contribution in [1.82, 2.24) is 10.1 Å². The van der Waals surface area contributed by atoms with E-state index < -0.39 is 6.04 Å². The van der Waals surface area contributed by atoms with Crippen LogP contribution in [0.1, 0.15) is 11.9 Å². The van der Waals surface area contributed by atoms with E-state index in [0.29, 0.717) is 5.82 Å². The molecule has 0 spiro atoms. The first-order valence-electron chi connectivity index (χ1n) is 4.66. The molecule has 0 aliphatic heterocycles. The Morgan fingerprint density at radius 2 is 2.31 bits per heavy atom. The van der Waals surface area contributed by atoms with E-state index in [-0.39, 0.29) is 12.5 Å². The Bertz CT molecular complexity index is 486. The summed E-state index contributed by atoms with van der Waals surface area (Å²) in [6.45, 7) is -0.222. The van der Waals surface area contributed by atoms with E-state index in [0.717, 1.165) is 10.0 Å². The van der Waals surface area contributed by atoms with Gasteiger partial charge in [-0.3, -0.25) is 0 Å². The highest BCUT2D eigenvalue weighted by molar-refractivity contribution is 9.10. The standard InChI is InChI=1S/C10H10BrN3O2/c11-7-3-1-2-6(4-7)9-13-10(16-14-9)8(12)5-15/h1-4,8,15H,5,12H2/t8-/m1/s1. The monoisotopic (exact) mass is 283 g/mol. The first-order chi connectivity index (χ1) is 7.70. The summed E-state index contributed by atoms with van der Waals surface area (Å²) in [5, 5.41) is 12.7. The van der Waals surface area contributed by atoms with Crippen molar-refractivity contribution in [3.05, 3.63) is 34.6 Å². The van der Waals surface area contributed by atoms with E-state index in [9.17, 15) is 0 Å². The Labute approximate surface area is 100 Å². The van der Waals surface area contributed by atoms with Crippen molar-refractivity contribution < 1.29 is 9.63 Å². The summed E-state index contributed by atoms with van der Waals surface area (Å²) >= 11 is 3.36. The van der Waals surface area contributed by atoms with Gasteiger partial charge in [-0.05, 0) is 12.1 Å². The highest BCUT2D eigenvalue weighted by atomic mass is 79.9. The Morgan fingerprint density at radius 1 is 1.50 bits per heavy atom. The predicted octanol–water partition coefficient (Wildman–Crippen LogP) is 1.49. The van der Waals surface area contributed by atoms with Gasteiger partial charge in [-0.15, -0.1) is 0 Å². The lowest BCUT2D eigenvalue weighted by molar-refractivity contribution is 0.237. The molecule has 2 aromatic rings. The van der Waals surface area contributed by atoms with Gasteiger partial charge < -0.3 is 15.4 Å². The third kappa shape index (κ3) is 2.29. The fourth-order valence-corrected chi connectivity index (χ4v) is 1.61. The Kier molecular flexibility index (Phi) is 3.33. The maximum Gasteiger partial charge on any atom is 0.246 e. The Balaban J connectivity index is 2.31. The second kappa shape index (κ2) is 4.73. The molecule has 0 saturated heterocycles. The molecular weight excluding hydrogens is 274 g/mol. The zero-order valence-electron chi connectivity index (χ0n) is 8.30. The summed E-state index contributed by atoms with van der Waals surface area (Å²) < 4.78 is 5.88. The number of aliphatic hydroxyl groups excluding tert-OH is 1. The average Bonchev–Trinajstić information content (AvgIpc) is 2.77. The van der Waals surface area contributed by atoms with Crippen molar-refractivity contribution in [2.45, 2.75) is 6.04 Å². The normalized spacial score (nSPS) is 12.7. The second-order valence-corrected chi connectivity index (χ2v) is 4.17. The molecular formula is C10H10BrN3O2. The average molecular weight is 284 g/mol. The van der Waals surface area contributed by atoms with Crippen LogP contribution in [-0.4, -0.2) is 21.9 Å². The zero-order valence-corrected chi connectivity index (χ0v) is 9.89. The third-order valence-electron chi connectivity index (χ3n) is 2.04. The zero-order chi connectivity index (χ0) is 11.5. The highest BCUT2D eigenvalue weighted by Crippen LogP contribution is 2.21. The summed E-state index contributed by atoms with van der Waals surface area (Å²) in [6.07, 6.45) is 0. The molecule has 0 radical (unpaired) electrons. The molecule has 2 rings (SSSR count). The van der Waals surface area contributed by atoms with Gasteiger partial charge in [-0.2, -0.15) is 4.98 Å². The lowest BCUT2D eigenvalue weighted by Gasteiger charge is -1.98. The number of rotatable bonds is 3. The first-order valence-corrected chi connectivity index (χ1v) is 5.46. The number of hydrogen-bond donors (Lipinski definition) is 2. The van der Waals surface area contributed by atoms with Crippen molar-refractivity contribution in [2.75, 3.05) is 6.61 Å². The number of aliphatic hydroxyl groups is 1. The van der Waals surface area contributed by atoms with Crippen molar-refractivity contribution in [2.24, 2.45) is 5.73 Å². The van der Waals surface area contributed by atoms with Crippen LogP contribution in [0.15, 0.2) is 33.3 Å². The van der Waals surface area contributed by atoms with Crippen molar-refractivity contribution >= 4 is 15.9 Å². The Hall–Kier alpha value is -1.24. The van der Waals surface area contributed by atoms with E-state index in [1.54, 1.807) is 0 Å². The predicted molar refractivity (Wildman–Crippen MR) is 61.4 cm³/mol. The highest BCUT2D eigenvalue weighted by Gasteiger charge is 2.14. The lowest BCUT2D eigenvalue weighted by atomic mass is 10.2. The maximum absolute atomic E-state index is 8.85. The third-order valence-corrected chi connectivity index (χ3v) is 2.53. The lowest BCUT2D eigenvalue weighted by Crippen LogP contribution is -2.14. The van der Waals surface area contributed by atoms with Crippen LogP contribution in [0.5, 0.6) is 0 Å². The molecule has 0 saturated carbocycles. The van der Waals surface area contributed by atoms with Crippen molar-refractivity contribution in [1.29, 1.82) is 0 Å². The summed E-state index contributed by atoms with van der Waals surface area (Å²) in [7, 11) is 0. The summed E-state index contributed by atoms with van der Waals surface area (Å²) in [5.74, 6) is 0.692. The van der Waals surface area contributed by atoms with Crippen LogP contribution in [0.3, 0.4) is 0 Å². The minimum Gasteiger partial charge on any atom is -0.394 e. The topological polar surface area (TPSA) is 85.2 Å². The first kappa shape index (κ1) is 11.3. The molecule has 6 heteroatoms. The maximum atomic E-state index is 8.85. The van der Waals surface area contributed by atoms with Gasteiger partial charge in [0.15, 0.2) is 0 Å². The van der Waals surface area contributed by atoms with E-state index in [1.165, 1.54) is 0 Å². The fourth-order valence-electron chi connectivity index (χ4n) is 1.21. The number of aromatic nitrogens is 2. The van der Waals surface area contributed by atoms with Gasteiger partial charge in [0.25, 0.3) is 0 Å². The minimum absolute atomic E-state index is 0.222. The van der Waals surface area contributed by atoms with Gasteiger partial charge >= 0.3 is 0 Å². The number of nitrogens with two attached hydrogens (primary N) is 1. The van der Waals surface area contributed by atoms with Gasteiger partial charge in [0.2, 0.25) is 11.7 Å². The second-order valence-electron chi connectivity index (χ2n) is 3.26. The summed E-state index contributed by atoms with van der Waals surface area (Å²) in [5.41, 5.74) is 6.39. The van der Waals surface area contributed by atoms with E-state index in [1.807, 2.05) is 24.3 Å². The minimum atomic E-state index is -0.631. The quantitative estimate of drug-likeness (QED) is 0.892. The van der Waals surface area contributed by atoms with E-state index in [2.05, 4.69) is 26.1 Å². The molecule has 16 heavy (non-hydrogen) atoms. The van der Waals surface area contributed by atoms with Gasteiger partial charge in [0, 0.05) is 10.0 Å². The van der Waals surface area contributed by atoms with Crippen LogP contribution in [-0.2, 0) is 0 Å². The van der Waals surface area contributed by atoms with E-state index >= 15 is 0 Å². The molecule has 0 aliphatic carbocycles. The SMILES string of the molecule is N[C@H](CO)c1nc(-c2cccc(Br)c2)no1. The van der Waals surface area contributed by atoms with Crippen LogP contribution >= 0.6 is 15.9 Å². The number of halogens is 1. The molecule has 1 aromatic heterocycles. The molecule has 0 bridgehead atoms. The molecule has 5 nitrogen and oxygen atoms in total. The van der Waals surface area contributed by atoms with Crippen LogP contribution in [0.2, 0.25) is 0 Å². The molecule has 1 heterocycles. The Morgan fingerprint density at radius 3 is 3.00 bits per heavy atom. The molecule has 0 aliphatic rings. The van der Waals surface area contributed by atoms with Crippen molar-refractivity contribution in [3.63, 3.8) is 0 Å². The molecule has 0 fully saturated rings. The van der Waals surface area contributed by atoms with Gasteiger partial charge in [-0.25, -0.2) is 0 Å². The summed E-state index contributed by atoms with van der Waals surface area (Å²) in [4.78, 5) is 4.11. The van der Waals surface area contributed by atoms with Crippen LogP contribution < -0.4 is 5.73 Å². The van der Waals surface area contributed by atoms with Crippen LogP contribution in [0.4, 0.5) is 0 Å². The van der Waals surface area contributed by atoms with Gasteiger partial charge in [0.05, 0.1) is 6.61 Å². The smallest absolute Gasteiger partial charge is 0.246 e. The molecule has 0 unspecified atom stereocenters. The number of benzene rings is 1. The largest absolute Gasteiger partial charge is 0.394 e. The fraction of sp³-hybridized carbons (Fsp3) is 0.200. The number of hydrogen-bond acceptors (Lipinski definition) is 5.